The van der Waals surface area contributed by atoms with E-state index in [9.17, 15) is 24.3 Å². The van der Waals surface area contributed by atoms with Crippen LogP contribution < -0.4 is 16.6 Å². The van der Waals surface area contributed by atoms with E-state index in [1.165, 1.54) is 11.8 Å². The normalized spacial score (nSPS) is 13.5. The van der Waals surface area contributed by atoms with Crippen LogP contribution in [0.1, 0.15) is 26.3 Å². The first kappa shape index (κ1) is 20.8. The van der Waals surface area contributed by atoms with Crippen molar-refractivity contribution in [3.05, 3.63) is 45.1 Å². The number of hydrogen-bond acceptors (Lipinski definition) is 5. The third-order valence-corrected chi connectivity index (χ3v) is 4.88. The van der Waals surface area contributed by atoms with Gasteiger partial charge in [-0.1, -0.05) is 26.0 Å². The zero-order chi connectivity index (χ0) is 20.1. The number of carbonyl (C=O) groups excluding carboxylic acids is 1. The molecule has 0 aliphatic carbocycles. The largest absolute Gasteiger partial charge is 0.480 e. The van der Waals surface area contributed by atoms with E-state index in [0.717, 1.165) is 4.57 Å². The molecule has 3 N–H and O–H groups in total. The number of thioether (sulfide) groups is 1. The fourth-order valence-corrected chi connectivity index (χ4v) is 3.37. The summed E-state index contributed by atoms with van der Waals surface area (Å²) in [5, 5.41) is 12.1. The summed E-state index contributed by atoms with van der Waals surface area (Å²) in [7, 11) is 0. The third kappa shape index (κ3) is 4.60. The standard InChI is InChI=1S/C18H23N3O5S/c1-10(2)14(15(22)19-13(17(24)25)8-9-27-3)21-16(23)11-6-4-5-7-12(11)20-18(21)26/h4-7,10,13-14H,8-9H2,1-3H3,(H,19,22)(H,20,26)(H,24,25)/t13-,14-/m0/s1. The van der Waals surface area contributed by atoms with Gasteiger partial charge in [-0.25, -0.2) is 14.2 Å². The molecule has 0 aliphatic heterocycles. The lowest BCUT2D eigenvalue weighted by molar-refractivity contribution is -0.142. The van der Waals surface area contributed by atoms with Crippen LogP contribution in [0.4, 0.5) is 0 Å². The summed E-state index contributed by atoms with van der Waals surface area (Å²) in [6, 6.07) is 4.33. The van der Waals surface area contributed by atoms with Crippen molar-refractivity contribution in [1.82, 2.24) is 14.9 Å². The number of carbonyl (C=O) groups is 2. The molecule has 146 valence electrons. The van der Waals surface area contributed by atoms with E-state index < -0.39 is 41.1 Å². The molecule has 0 unspecified atom stereocenters. The number of hydrogen-bond donors (Lipinski definition) is 3. The van der Waals surface area contributed by atoms with Gasteiger partial charge < -0.3 is 15.4 Å². The lowest BCUT2D eigenvalue weighted by atomic mass is 10.0. The minimum absolute atomic E-state index is 0.246. The number of H-pyrrole nitrogens is 1. The van der Waals surface area contributed by atoms with Crippen LogP contribution in [0, 0.1) is 5.92 Å². The molecule has 0 fully saturated rings. The van der Waals surface area contributed by atoms with E-state index in [2.05, 4.69) is 10.3 Å². The van der Waals surface area contributed by atoms with Gasteiger partial charge in [0.25, 0.3) is 5.56 Å². The Morgan fingerprint density at radius 1 is 1.26 bits per heavy atom. The van der Waals surface area contributed by atoms with Crippen LogP contribution in [0.15, 0.2) is 33.9 Å². The van der Waals surface area contributed by atoms with Gasteiger partial charge in [-0.05, 0) is 36.5 Å². The number of rotatable bonds is 8. The molecule has 1 aromatic carbocycles. The zero-order valence-corrected chi connectivity index (χ0v) is 16.2. The van der Waals surface area contributed by atoms with Crippen LogP contribution in [-0.2, 0) is 9.59 Å². The first-order valence-corrected chi connectivity index (χ1v) is 9.93. The van der Waals surface area contributed by atoms with Crippen LogP contribution >= 0.6 is 11.8 Å². The molecule has 0 saturated heterocycles. The monoisotopic (exact) mass is 393 g/mol. The highest BCUT2D eigenvalue weighted by molar-refractivity contribution is 7.98. The summed E-state index contributed by atoms with van der Waals surface area (Å²) >= 11 is 1.47. The predicted molar refractivity (Wildman–Crippen MR) is 105 cm³/mol. The van der Waals surface area contributed by atoms with Crippen molar-refractivity contribution < 1.29 is 14.7 Å². The Bertz CT molecular complexity index is 950. The SMILES string of the molecule is CSCC[C@H](NC(=O)[C@H](C(C)C)n1c(=O)[nH]c2ccccc2c1=O)C(=O)O. The molecule has 2 aromatic rings. The number of para-hydroxylation sites is 1. The van der Waals surface area contributed by atoms with Crippen molar-refractivity contribution in [3.8, 4) is 0 Å². The quantitative estimate of drug-likeness (QED) is 0.620. The Labute approximate surface area is 160 Å². The summed E-state index contributed by atoms with van der Waals surface area (Å²) in [5.74, 6) is -1.67. The average molecular weight is 393 g/mol. The molecule has 1 aromatic heterocycles. The maximum Gasteiger partial charge on any atom is 0.329 e. The Kier molecular flexibility index (Phi) is 6.84. The fourth-order valence-electron chi connectivity index (χ4n) is 2.90. The molecule has 8 nitrogen and oxygen atoms in total. The number of benzene rings is 1. The molecule has 1 amide bonds. The van der Waals surface area contributed by atoms with Crippen LogP contribution in [-0.4, -0.2) is 44.6 Å². The summed E-state index contributed by atoms with van der Waals surface area (Å²) in [5.41, 5.74) is -0.905. The first-order valence-electron chi connectivity index (χ1n) is 8.53. The van der Waals surface area contributed by atoms with Crippen LogP contribution in [0.3, 0.4) is 0 Å². The summed E-state index contributed by atoms with van der Waals surface area (Å²) in [4.78, 5) is 52.2. The number of aromatic nitrogens is 2. The van der Waals surface area contributed by atoms with Gasteiger partial charge in [0.15, 0.2) is 0 Å². The summed E-state index contributed by atoms with van der Waals surface area (Å²) < 4.78 is 0.871. The van der Waals surface area contributed by atoms with Crippen LogP contribution in [0.5, 0.6) is 0 Å². The number of carboxylic acids is 1. The van der Waals surface area contributed by atoms with Gasteiger partial charge in [-0.15, -0.1) is 0 Å². The number of carboxylic acid groups (broad SMARTS) is 1. The van der Waals surface area contributed by atoms with Gasteiger partial charge in [-0.3, -0.25) is 9.59 Å². The molecular weight excluding hydrogens is 370 g/mol. The molecule has 2 rings (SSSR count). The average Bonchev–Trinajstić information content (AvgIpc) is 2.61. The van der Waals surface area contributed by atoms with E-state index in [1.54, 1.807) is 38.1 Å². The van der Waals surface area contributed by atoms with Gasteiger partial charge in [0.2, 0.25) is 5.91 Å². The minimum atomic E-state index is -1.15. The predicted octanol–water partition coefficient (Wildman–Crippen LogP) is 1.21. The first-order chi connectivity index (χ1) is 12.8. The molecule has 2 atom stereocenters. The molecular formula is C18H23N3O5S. The van der Waals surface area contributed by atoms with E-state index in [-0.39, 0.29) is 11.8 Å². The molecule has 0 radical (unpaired) electrons. The van der Waals surface area contributed by atoms with E-state index in [4.69, 9.17) is 0 Å². The van der Waals surface area contributed by atoms with Crippen molar-refractivity contribution in [2.45, 2.75) is 32.4 Å². The van der Waals surface area contributed by atoms with Crippen molar-refractivity contribution >= 4 is 34.5 Å². The zero-order valence-electron chi connectivity index (χ0n) is 15.4. The van der Waals surface area contributed by atoms with Gasteiger partial charge >= 0.3 is 11.7 Å². The van der Waals surface area contributed by atoms with E-state index in [0.29, 0.717) is 11.3 Å². The van der Waals surface area contributed by atoms with Crippen molar-refractivity contribution in [1.29, 1.82) is 0 Å². The number of aromatic amines is 1. The smallest absolute Gasteiger partial charge is 0.329 e. The van der Waals surface area contributed by atoms with E-state index in [1.807, 2.05) is 6.26 Å². The second-order valence-electron chi connectivity index (χ2n) is 6.52. The lowest BCUT2D eigenvalue weighted by Gasteiger charge is -2.24. The highest BCUT2D eigenvalue weighted by atomic mass is 32.2. The maximum atomic E-state index is 12.8. The second kappa shape index (κ2) is 8.90. The Morgan fingerprint density at radius 2 is 1.93 bits per heavy atom. The number of fused-ring (bicyclic) bond motifs is 1. The second-order valence-corrected chi connectivity index (χ2v) is 7.51. The van der Waals surface area contributed by atoms with Gasteiger partial charge in [0, 0.05) is 0 Å². The van der Waals surface area contributed by atoms with Gasteiger partial charge in [0.05, 0.1) is 10.9 Å². The molecule has 27 heavy (non-hydrogen) atoms. The minimum Gasteiger partial charge on any atom is -0.480 e. The van der Waals surface area contributed by atoms with Crippen LogP contribution in [0.2, 0.25) is 0 Å². The Balaban J connectivity index is 2.47. The highest BCUT2D eigenvalue weighted by Gasteiger charge is 2.31. The number of nitrogens with one attached hydrogen (secondary N) is 2. The van der Waals surface area contributed by atoms with Gasteiger partial charge in [0.1, 0.15) is 12.1 Å². The fraction of sp³-hybridized carbons (Fsp3) is 0.444. The maximum absolute atomic E-state index is 12.8. The van der Waals surface area contributed by atoms with E-state index >= 15 is 0 Å². The molecule has 0 aliphatic rings. The van der Waals surface area contributed by atoms with Crippen LogP contribution in [0.25, 0.3) is 10.9 Å². The van der Waals surface area contributed by atoms with Crippen molar-refractivity contribution in [2.75, 3.05) is 12.0 Å². The summed E-state index contributed by atoms with van der Waals surface area (Å²) in [6.07, 6.45) is 2.09. The summed E-state index contributed by atoms with van der Waals surface area (Å²) in [6.45, 7) is 3.39. The van der Waals surface area contributed by atoms with Gasteiger partial charge in [-0.2, -0.15) is 11.8 Å². The molecule has 9 heteroatoms. The van der Waals surface area contributed by atoms with Crippen molar-refractivity contribution in [3.63, 3.8) is 0 Å². The molecule has 1 heterocycles. The Morgan fingerprint density at radius 3 is 2.52 bits per heavy atom. The Hall–Kier alpha value is -2.55. The highest BCUT2D eigenvalue weighted by Crippen LogP contribution is 2.16. The number of nitrogens with zero attached hydrogens (tertiary/aromatic N) is 1. The molecule has 0 saturated carbocycles. The van der Waals surface area contributed by atoms with Crippen molar-refractivity contribution in [2.24, 2.45) is 5.92 Å². The lowest BCUT2D eigenvalue weighted by Crippen LogP contribution is -2.50. The third-order valence-electron chi connectivity index (χ3n) is 4.24. The molecule has 0 spiro atoms. The number of aliphatic carboxylic acids is 1. The number of amides is 1. The topological polar surface area (TPSA) is 121 Å². The molecule has 0 bridgehead atoms.